The molecule has 1 fully saturated rings. The number of carbonyl (C=O) groups excluding carboxylic acids is 1. The lowest BCUT2D eigenvalue weighted by molar-refractivity contribution is -0.138. The fourth-order valence-electron chi connectivity index (χ4n) is 3.72. The van der Waals surface area contributed by atoms with E-state index in [-0.39, 0.29) is 11.9 Å². The Morgan fingerprint density at radius 1 is 1.09 bits per heavy atom. The summed E-state index contributed by atoms with van der Waals surface area (Å²) in [6, 6.07) is 7.93. The largest absolute Gasteiger partial charge is 0.348 e. The molecule has 0 unspecified atom stereocenters. The molecule has 2 aromatic heterocycles. The third-order valence-electron chi connectivity index (χ3n) is 4.94. The molecule has 4 heterocycles. The van der Waals surface area contributed by atoms with Crippen molar-refractivity contribution in [2.75, 3.05) is 19.6 Å². The maximum atomic E-state index is 13.3. The van der Waals surface area contributed by atoms with Crippen LogP contribution in [0, 0.1) is 0 Å². The number of nitrogens with zero attached hydrogens (tertiary/aromatic N) is 4. The lowest BCUT2D eigenvalue weighted by atomic mass is 10.1. The van der Waals surface area contributed by atoms with Gasteiger partial charge < -0.3 is 9.47 Å². The highest BCUT2D eigenvalue weighted by molar-refractivity contribution is 5.83. The molecule has 120 valence electrons. The Labute approximate surface area is 136 Å². The number of hydrogen-bond acceptors (Lipinski definition) is 3. The molecule has 4 rings (SSSR count). The summed E-state index contributed by atoms with van der Waals surface area (Å²) in [4.78, 5) is 21.8. The van der Waals surface area contributed by atoms with E-state index in [0.717, 1.165) is 31.7 Å². The molecule has 0 N–H and O–H groups in total. The predicted octanol–water partition coefficient (Wildman–Crippen LogP) is 2.06. The number of fused-ring (bicyclic) bond motifs is 1. The Morgan fingerprint density at radius 2 is 1.96 bits per heavy atom. The molecular weight excluding hydrogens is 288 g/mol. The first-order valence-electron chi connectivity index (χ1n) is 8.40. The molecule has 0 spiro atoms. The Balaban J connectivity index is 1.60. The normalized spacial score (nSPS) is 19.6. The van der Waals surface area contributed by atoms with E-state index >= 15 is 0 Å². The number of pyridine rings is 1. The highest BCUT2D eigenvalue weighted by Crippen LogP contribution is 2.28. The van der Waals surface area contributed by atoms with Gasteiger partial charge in [-0.1, -0.05) is 6.07 Å². The van der Waals surface area contributed by atoms with Gasteiger partial charge in [0, 0.05) is 37.4 Å². The van der Waals surface area contributed by atoms with Crippen molar-refractivity contribution >= 4 is 5.91 Å². The molecule has 0 aliphatic carbocycles. The lowest BCUT2D eigenvalue weighted by Crippen LogP contribution is -2.45. The number of rotatable bonds is 3. The molecule has 2 aliphatic rings. The van der Waals surface area contributed by atoms with Gasteiger partial charge in [0.15, 0.2) is 0 Å². The molecule has 2 aromatic rings. The van der Waals surface area contributed by atoms with Crippen LogP contribution in [0.1, 0.15) is 30.1 Å². The molecular formula is C18H22N4O. The summed E-state index contributed by atoms with van der Waals surface area (Å²) >= 11 is 0. The first-order chi connectivity index (χ1) is 11.3. The van der Waals surface area contributed by atoms with Gasteiger partial charge in [0.1, 0.15) is 6.04 Å². The van der Waals surface area contributed by atoms with Crippen molar-refractivity contribution in [3.05, 3.63) is 54.1 Å². The van der Waals surface area contributed by atoms with Gasteiger partial charge in [-0.2, -0.15) is 0 Å². The Morgan fingerprint density at radius 3 is 2.74 bits per heavy atom. The van der Waals surface area contributed by atoms with E-state index in [9.17, 15) is 4.79 Å². The molecule has 23 heavy (non-hydrogen) atoms. The number of hydrogen-bond donors (Lipinski definition) is 0. The molecule has 5 heteroatoms. The maximum Gasteiger partial charge on any atom is 0.245 e. The summed E-state index contributed by atoms with van der Waals surface area (Å²) in [5.41, 5.74) is 2.23. The van der Waals surface area contributed by atoms with E-state index in [0.29, 0.717) is 6.54 Å². The second-order valence-electron chi connectivity index (χ2n) is 6.38. The molecule has 1 atom stereocenters. The van der Waals surface area contributed by atoms with Crippen molar-refractivity contribution < 1.29 is 4.79 Å². The zero-order valence-corrected chi connectivity index (χ0v) is 13.3. The summed E-state index contributed by atoms with van der Waals surface area (Å²) in [6.07, 6.45) is 8.05. The molecule has 1 saturated heterocycles. The van der Waals surface area contributed by atoms with E-state index in [1.807, 2.05) is 23.2 Å². The minimum Gasteiger partial charge on any atom is -0.348 e. The van der Waals surface area contributed by atoms with E-state index in [1.54, 1.807) is 6.20 Å². The quantitative estimate of drug-likeness (QED) is 0.871. The first kappa shape index (κ1) is 14.5. The van der Waals surface area contributed by atoms with Gasteiger partial charge in [0.25, 0.3) is 0 Å². The second kappa shape index (κ2) is 6.16. The van der Waals surface area contributed by atoms with Crippen LogP contribution < -0.4 is 0 Å². The van der Waals surface area contributed by atoms with Crippen molar-refractivity contribution in [3.63, 3.8) is 0 Å². The third kappa shape index (κ3) is 2.77. The monoisotopic (exact) mass is 310 g/mol. The number of likely N-dealkylation sites (tertiary alicyclic amines) is 1. The van der Waals surface area contributed by atoms with Crippen LogP contribution in [0.4, 0.5) is 0 Å². The van der Waals surface area contributed by atoms with Gasteiger partial charge in [-0.05, 0) is 49.7 Å². The molecule has 1 amide bonds. The summed E-state index contributed by atoms with van der Waals surface area (Å²) in [5, 5.41) is 0. The van der Waals surface area contributed by atoms with Gasteiger partial charge in [-0.25, -0.2) is 0 Å². The third-order valence-corrected chi connectivity index (χ3v) is 4.94. The number of carbonyl (C=O) groups is 1. The standard InChI is InChI=1S/C18H22N4O/c23-18(22-12-11-20-10-4-6-16(20)14-22)17(21-8-1-2-9-21)15-5-3-7-19-13-15/h3-7,10,13,17H,1-2,8-9,11-12,14H2/t17-/m1/s1. The average Bonchev–Trinajstić information content (AvgIpc) is 3.27. The van der Waals surface area contributed by atoms with Crippen LogP contribution in [0.15, 0.2) is 42.9 Å². The summed E-state index contributed by atoms with van der Waals surface area (Å²) in [5.74, 6) is 0.215. The van der Waals surface area contributed by atoms with E-state index in [2.05, 4.69) is 32.8 Å². The Hall–Kier alpha value is -2.14. The van der Waals surface area contributed by atoms with Crippen LogP contribution in [0.25, 0.3) is 0 Å². The molecule has 0 aromatic carbocycles. The van der Waals surface area contributed by atoms with Crippen LogP contribution in [0.5, 0.6) is 0 Å². The number of amides is 1. The molecule has 0 radical (unpaired) electrons. The topological polar surface area (TPSA) is 41.4 Å². The van der Waals surface area contributed by atoms with Crippen molar-refractivity contribution in [2.24, 2.45) is 0 Å². The van der Waals surface area contributed by atoms with E-state index in [1.165, 1.54) is 18.5 Å². The van der Waals surface area contributed by atoms with Gasteiger partial charge in [0.2, 0.25) is 5.91 Å². The number of aromatic nitrogens is 2. The van der Waals surface area contributed by atoms with Crippen molar-refractivity contribution in [1.29, 1.82) is 0 Å². The van der Waals surface area contributed by atoms with Gasteiger partial charge in [-0.3, -0.25) is 14.7 Å². The van der Waals surface area contributed by atoms with Crippen LogP contribution in [0.2, 0.25) is 0 Å². The van der Waals surface area contributed by atoms with Crippen molar-refractivity contribution in [2.45, 2.75) is 32.0 Å². The minimum atomic E-state index is -0.187. The average molecular weight is 310 g/mol. The highest BCUT2D eigenvalue weighted by atomic mass is 16.2. The lowest BCUT2D eigenvalue weighted by Gasteiger charge is -2.35. The molecule has 2 aliphatic heterocycles. The summed E-state index contributed by atoms with van der Waals surface area (Å²) in [7, 11) is 0. The summed E-state index contributed by atoms with van der Waals surface area (Å²) in [6.45, 7) is 4.36. The smallest absolute Gasteiger partial charge is 0.245 e. The van der Waals surface area contributed by atoms with Crippen molar-refractivity contribution in [3.8, 4) is 0 Å². The van der Waals surface area contributed by atoms with Crippen LogP contribution >= 0.6 is 0 Å². The SMILES string of the molecule is O=C([C@@H](c1cccnc1)N1CCCC1)N1CCn2cccc2C1. The van der Waals surface area contributed by atoms with Gasteiger partial charge >= 0.3 is 0 Å². The maximum absolute atomic E-state index is 13.3. The second-order valence-corrected chi connectivity index (χ2v) is 6.38. The Kier molecular flexibility index (Phi) is 3.87. The van der Waals surface area contributed by atoms with Crippen LogP contribution in [-0.4, -0.2) is 44.9 Å². The van der Waals surface area contributed by atoms with Gasteiger partial charge in [-0.15, -0.1) is 0 Å². The fraction of sp³-hybridized carbons (Fsp3) is 0.444. The van der Waals surface area contributed by atoms with Crippen molar-refractivity contribution in [1.82, 2.24) is 19.4 Å². The Bertz CT molecular complexity index is 675. The molecule has 5 nitrogen and oxygen atoms in total. The van der Waals surface area contributed by atoms with Gasteiger partial charge in [0.05, 0.1) is 6.54 Å². The predicted molar refractivity (Wildman–Crippen MR) is 87.6 cm³/mol. The molecule has 0 bridgehead atoms. The zero-order chi connectivity index (χ0) is 15.6. The fourth-order valence-corrected chi connectivity index (χ4v) is 3.72. The highest BCUT2D eigenvalue weighted by Gasteiger charge is 2.34. The van der Waals surface area contributed by atoms with E-state index in [4.69, 9.17) is 0 Å². The van der Waals surface area contributed by atoms with Crippen LogP contribution in [0.3, 0.4) is 0 Å². The summed E-state index contributed by atoms with van der Waals surface area (Å²) < 4.78 is 2.23. The first-order valence-corrected chi connectivity index (χ1v) is 8.40. The zero-order valence-electron chi connectivity index (χ0n) is 13.3. The molecule has 0 saturated carbocycles. The minimum absolute atomic E-state index is 0.187. The van der Waals surface area contributed by atoms with E-state index < -0.39 is 0 Å². The van der Waals surface area contributed by atoms with Crippen LogP contribution in [-0.2, 0) is 17.9 Å².